The Balaban J connectivity index is 1.87. The predicted octanol–water partition coefficient (Wildman–Crippen LogP) is 3.54. The molecule has 0 spiro atoms. The van der Waals surface area contributed by atoms with Crippen molar-refractivity contribution in [2.45, 2.75) is 12.8 Å². The fraction of sp³-hybridized carbons (Fsp3) is 0.200. The number of nitrogens with one attached hydrogen (secondary N) is 1. The third-order valence-corrected chi connectivity index (χ3v) is 4.70. The van der Waals surface area contributed by atoms with Gasteiger partial charge in [-0.1, -0.05) is 6.07 Å². The molecule has 0 saturated heterocycles. The Morgan fingerprint density at radius 2 is 2.00 bits per heavy atom. The molecule has 4 rings (SSSR count). The molecule has 0 bridgehead atoms. The molecule has 0 radical (unpaired) electrons. The minimum atomic E-state index is -0.440. The van der Waals surface area contributed by atoms with Gasteiger partial charge in [0.2, 0.25) is 0 Å². The Morgan fingerprint density at radius 3 is 2.81 bits per heavy atom. The van der Waals surface area contributed by atoms with Crippen LogP contribution in [0.2, 0.25) is 0 Å². The highest BCUT2D eigenvalue weighted by atomic mass is 19.1. The van der Waals surface area contributed by atoms with Crippen LogP contribution in [0.25, 0.3) is 10.9 Å². The number of nitrogens with zero attached hydrogens (tertiary/aromatic N) is 1. The van der Waals surface area contributed by atoms with E-state index in [0.717, 1.165) is 18.4 Å². The lowest BCUT2D eigenvalue weighted by Crippen LogP contribution is -2.29. The summed E-state index contributed by atoms with van der Waals surface area (Å²) < 4.78 is 18.5. The molecule has 0 aliphatic carbocycles. The van der Waals surface area contributed by atoms with Crippen molar-refractivity contribution in [3.8, 4) is 0 Å². The highest BCUT2D eigenvalue weighted by molar-refractivity contribution is 5.95. The lowest BCUT2D eigenvalue weighted by atomic mass is 10.0. The molecule has 0 unspecified atom stereocenters. The largest absolute Gasteiger partial charge is 0.465 e. The van der Waals surface area contributed by atoms with E-state index in [1.165, 1.54) is 19.2 Å². The second-order valence-electron chi connectivity index (χ2n) is 6.31. The number of anilines is 2. The van der Waals surface area contributed by atoms with Crippen LogP contribution in [-0.2, 0) is 11.2 Å². The highest BCUT2D eigenvalue weighted by Gasteiger charge is 2.21. The third-order valence-electron chi connectivity index (χ3n) is 4.70. The van der Waals surface area contributed by atoms with Crippen LogP contribution in [0.1, 0.15) is 22.3 Å². The van der Waals surface area contributed by atoms with Gasteiger partial charge in [0, 0.05) is 23.1 Å². The lowest BCUT2D eigenvalue weighted by Gasteiger charge is -2.30. The summed E-state index contributed by atoms with van der Waals surface area (Å²) in [5.41, 5.74) is 2.95. The molecule has 1 aromatic heterocycles. The molecule has 2 heterocycles. The second-order valence-corrected chi connectivity index (χ2v) is 6.31. The van der Waals surface area contributed by atoms with E-state index in [1.54, 1.807) is 30.3 Å². The second kappa shape index (κ2) is 6.29. The summed E-state index contributed by atoms with van der Waals surface area (Å²) in [6, 6.07) is 11.4. The summed E-state index contributed by atoms with van der Waals surface area (Å²) in [4.78, 5) is 29.1. The van der Waals surface area contributed by atoms with E-state index < -0.39 is 5.97 Å². The van der Waals surface area contributed by atoms with Crippen molar-refractivity contribution in [1.29, 1.82) is 0 Å². The topological polar surface area (TPSA) is 62.4 Å². The third kappa shape index (κ3) is 2.73. The van der Waals surface area contributed by atoms with Crippen LogP contribution in [-0.4, -0.2) is 24.6 Å². The Labute approximate surface area is 149 Å². The van der Waals surface area contributed by atoms with Gasteiger partial charge in [0.1, 0.15) is 11.5 Å². The number of H-pyrrole nitrogens is 1. The number of methoxy groups -OCH3 is 1. The van der Waals surface area contributed by atoms with Gasteiger partial charge in [0.05, 0.1) is 12.7 Å². The number of hydrogen-bond donors (Lipinski definition) is 1. The van der Waals surface area contributed by atoms with Gasteiger partial charge >= 0.3 is 5.97 Å². The average Bonchev–Trinajstić information content (AvgIpc) is 2.66. The van der Waals surface area contributed by atoms with Gasteiger partial charge in [-0.2, -0.15) is 0 Å². The van der Waals surface area contributed by atoms with Gasteiger partial charge in [-0.05, 0) is 54.8 Å². The molecular formula is C20H17FN2O3. The van der Waals surface area contributed by atoms with Crippen LogP contribution in [0.3, 0.4) is 0 Å². The number of ether oxygens (including phenoxy) is 1. The van der Waals surface area contributed by atoms with Crippen molar-refractivity contribution in [2.75, 3.05) is 18.6 Å². The number of carbonyl (C=O) groups excluding carboxylic acids is 1. The van der Waals surface area contributed by atoms with E-state index in [4.69, 9.17) is 4.74 Å². The molecule has 0 saturated carbocycles. The standard InChI is InChI=1S/C20H17FN2O3/c1-26-20(25)13-5-7-16-14(9-13)10-18(19(24)22-16)23-8-2-3-12-4-6-15(21)11-17(12)23/h4-7,9-11H,2-3,8H2,1H3,(H,22,24). The SMILES string of the molecule is COC(=O)c1ccc2[nH]c(=O)c(N3CCCc4ccc(F)cc43)cc2c1. The minimum Gasteiger partial charge on any atom is -0.465 e. The normalized spacial score (nSPS) is 13.5. The summed E-state index contributed by atoms with van der Waals surface area (Å²) in [6.45, 7) is 0.627. The summed E-state index contributed by atoms with van der Waals surface area (Å²) >= 11 is 0. The van der Waals surface area contributed by atoms with Gasteiger partial charge in [-0.15, -0.1) is 0 Å². The molecule has 2 aromatic carbocycles. The van der Waals surface area contributed by atoms with Gasteiger partial charge in [0.15, 0.2) is 0 Å². The van der Waals surface area contributed by atoms with Gasteiger partial charge in [-0.3, -0.25) is 4.79 Å². The van der Waals surface area contributed by atoms with Crippen LogP contribution in [0.5, 0.6) is 0 Å². The number of aryl methyl sites for hydroxylation is 1. The Hall–Kier alpha value is -3.15. The molecule has 0 amide bonds. The summed E-state index contributed by atoms with van der Waals surface area (Å²) in [7, 11) is 1.32. The van der Waals surface area contributed by atoms with E-state index in [0.29, 0.717) is 34.4 Å². The van der Waals surface area contributed by atoms with E-state index in [-0.39, 0.29) is 11.4 Å². The van der Waals surface area contributed by atoms with Crippen molar-refractivity contribution < 1.29 is 13.9 Å². The monoisotopic (exact) mass is 352 g/mol. The Kier molecular flexibility index (Phi) is 3.95. The first-order valence-corrected chi connectivity index (χ1v) is 8.38. The van der Waals surface area contributed by atoms with E-state index in [9.17, 15) is 14.0 Å². The molecule has 132 valence electrons. The first-order chi connectivity index (χ1) is 12.6. The van der Waals surface area contributed by atoms with Crippen LogP contribution >= 0.6 is 0 Å². The van der Waals surface area contributed by atoms with Crippen molar-refractivity contribution in [3.63, 3.8) is 0 Å². The zero-order chi connectivity index (χ0) is 18.3. The number of rotatable bonds is 2. The molecule has 0 atom stereocenters. The summed E-state index contributed by atoms with van der Waals surface area (Å²) in [5.74, 6) is -0.772. The number of aromatic amines is 1. The van der Waals surface area contributed by atoms with E-state index in [2.05, 4.69) is 4.98 Å². The summed E-state index contributed by atoms with van der Waals surface area (Å²) in [6.07, 6.45) is 1.72. The molecule has 6 heteroatoms. The quantitative estimate of drug-likeness (QED) is 0.717. The molecule has 0 fully saturated rings. The van der Waals surface area contributed by atoms with Crippen molar-refractivity contribution in [3.05, 3.63) is 69.8 Å². The van der Waals surface area contributed by atoms with Crippen molar-refractivity contribution in [1.82, 2.24) is 4.98 Å². The van der Waals surface area contributed by atoms with Gasteiger partial charge < -0.3 is 14.6 Å². The maximum Gasteiger partial charge on any atom is 0.337 e. The van der Waals surface area contributed by atoms with Crippen LogP contribution in [0, 0.1) is 5.82 Å². The zero-order valence-electron chi connectivity index (χ0n) is 14.2. The first-order valence-electron chi connectivity index (χ1n) is 8.38. The average molecular weight is 352 g/mol. The maximum atomic E-state index is 13.8. The minimum absolute atomic E-state index is 0.250. The molecular weight excluding hydrogens is 335 g/mol. The highest BCUT2D eigenvalue weighted by Crippen LogP contribution is 2.33. The fourth-order valence-electron chi connectivity index (χ4n) is 3.44. The van der Waals surface area contributed by atoms with E-state index >= 15 is 0 Å². The van der Waals surface area contributed by atoms with Crippen molar-refractivity contribution >= 4 is 28.2 Å². The predicted molar refractivity (Wildman–Crippen MR) is 97.6 cm³/mol. The number of aromatic nitrogens is 1. The first kappa shape index (κ1) is 16.3. The summed E-state index contributed by atoms with van der Waals surface area (Å²) in [5, 5.41) is 0.714. The zero-order valence-corrected chi connectivity index (χ0v) is 14.2. The molecule has 1 N–H and O–H groups in total. The van der Waals surface area contributed by atoms with E-state index in [1.807, 2.05) is 4.90 Å². The number of benzene rings is 2. The number of pyridine rings is 1. The number of fused-ring (bicyclic) bond motifs is 2. The van der Waals surface area contributed by atoms with Gasteiger partial charge in [0.25, 0.3) is 5.56 Å². The van der Waals surface area contributed by atoms with Crippen molar-refractivity contribution in [2.24, 2.45) is 0 Å². The van der Waals surface area contributed by atoms with Crippen LogP contribution < -0.4 is 10.5 Å². The Bertz CT molecular complexity index is 1070. The molecule has 26 heavy (non-hydrogen) atoms. The smallest absolute Gasteiger partial charge is 0.337 e. The lowest BCUT2D eigenvalue weighted by molar-refractivity contribution is 0.0601. The molecule has 3 aromatic rings. The fourth-order valence-corrected chi connectivity index (χ4v) is 3.44. The number of esters is 1. The number of hydrogen-bond acceptors (Lipinski definition) is 4. The maximum absolute atomic E-state index is 13.8. The number of carbonyl (C=O) groups is 1. The molecule has 1 aliphatic heterocycles. The molecule has 1 aliphatic rings. The molecule has 5 nitrogen and oxygen atoms in total. The van der Waals surface area contributed by atoms with Crippen LogP contribution in [0.15, 0.2) is 47.3 Å². The number of halogens is 1. The van der Waals surface area contributed by atoms with Gasteiger partial charge in [-0.25, -0.2) is 9.18 Å². The van der Waals surface area contributed by atoms with Crippen LogP contribution in [0.4, 0.5) is 15.8 Å². The Morgan fingerprint density at radius 1 is 1.15 bits per heavy atom.